The summed E-state index contributed by atoms with van der Waals surface area (Å²) < 4.78 is 52.6. The van der Waals surface area contributed by atoms with Gasteiger partial charge in [-0.05, 0) is 77.9 Å². The number of aryl methyl sites for hydroxylation is 1. The Labute approximate surface area is 222 Å². The van der Waals surface area contributed by atoms with Gasteiger partial charge in [0.25, 0.3) is 0 Å². The maximum atomic E-state index is 12.5. The van der Waals surface area contributed by atoms with Crippen molar-refractivity contribution in [3.63, 3.8) is 0 Å². The van der Waals surface area contributed by atoms with Crippen molar-refractivity contribution in [3.05, 3.63) is 83.4 Å². The lowest BCUT2D eigenvalue weighted by atomic mass is 9.87. The van der Waals surface area contributed by atoms with Crippen molar-refractivity contribution < 1.29 is 32.2 Å². The smallest absolute Gasteiger partial charge is 0.489 e. The van der Waals surface area contributed by atoms with Crippen LogP contribution in [0.4, 0.5) is 24.5 Å². The Bertz CT molecular complexity index is 1200. The van der Waals surface area contributed by atoms with Crippen molar-refractivity contribution in [2.75, 3.05) is 18.6 Å². The summed E-state index contributed by atoms with van der Waals surface area (Å²) in [6.45, 7) is 8.93. The molecule has 0 atom stereocenters. The second kappa shape index (κ2) is 12.2. The van der Waals surface area contributed by atoms with Gasteiger partial charge in [-0.1, -0.05) is 45.0 Å². The van der Waals surface area contributed by atoms with Crippen LogP contribution in [0.3, 0.4) is 0 Å². The third-order valence-corrected chi connectivity index (χ3v) is 6.01. The number of carbonyl (C=O) groups excluding carboxylic acids is 1. The summed E-state index contributed by atoms with van der Waals surface area (Å²) >= 11 is 0. The van der Waals surface area contributed by atoms with Crippen LogP contribution in [-0.4, -0.2) is 26.0 Å². The van der Waals surface area contributed by atoms with Gasteiger partial charge in [0.05, 0.1) is 6.61 Å². The van der Waals surface area contributed by atoms with Crippen LogP contribution < -0.4 is 14.4 Å². The molecule has 0 radical (unpaired) electrons. The Kier molecular flexibility index (Phi) is 9.31. The standard InChI is InChI=1S/C30H34F3NO4/c1-6-36-28(35)18-9-22-19-25(34(5)24-12-15-26(16-13-24)38-30(31,32)33)14-17-27(22)37-20-21-7-10-23(11-8-21)29(2,3)4/h7-8,10-17,19H,6,9,18,20H2,1-5H3. The molecule has 0 aromatic heterocycles. The number of esters is 1. The van der Waals surface area contributed by atoms with Crippen LogP contribution in [0.15, 0.2) is 66.7 Å². The molecule has 0 spiro atoms. The minimum absolute atomic E-state index is 0.0627. The van der Waals surface area contributed by atoms with Crippen molar-refractivity contribution in [1.82, 2.24) is 0 Å². The lowest BCUT2D eigenvalue weighted by Crippen LogP contribution is -2.17. The van der Waals surface area contributed by atoms with E-state index in [1.807, 2.05) is 35.2 Å². The molecule has 0 amide bonds. The molecule has 0 saturated heterocycles. The molecule has 0 aliphatic carbocycles. The minimum Gasteiger partial charge on any atom is -0.489 e. The zero-order valence-electron chi connectivity index (χ0n) is 22.4. The zero-order valence-corrected chi connectivity index (χ0v) is 22.4. The topological polar surface area (TPSA) is 48.0 Å². The largest absolute Gasteiger partial charge is 0.573 e. The molecule has 204 valence electrons. The Hall–Kier alpha value is -3.68. The second-order valence-electron chi connectivity index (χ2n) is 9.93. The van der Waals surface area contributed by atoms with Crippen LogP contribution in [0.5, 0.6) is 11.5 Å². The first-order chi connectivity index (χ1) is 17.9. The Morgan fingerprint density at radius 3 is 2.11 bits per heavy atom. The maximum Gasteiger partial charge on any atom is 0.573 e. The number of rotatable bonds is 10. The summed E-state index contributed by atoms with van der Waals surface area (Å²) in [4.78, 5) is 13.9. The number of hydrogen-bond donors (Lipinski definition) is 0. The van der Waals surface area contributed by atoms with Crippen molar-refractivity contribution >= 4 is 17.3 Å². The van der Waals surface area contributed by atoms with E-state index in [0.29, 0.717) is 31.1 Å². The lowest BCUT2D eigenvalue weighted by Gasteiger charge is -2.22. The molecule has 0 bridgehead atoms. The van der Waals surface area contributed by atoms with E-state index < -0.39 is 6.36 Å². The third-order valence-electron chi connectivity index (χ3n) is 6.01. The zero-order chi connectivity index (χ0) is 27.9. The molecule has 0 aliphatic rings. The van der Waals surface area contributed by atoms with Crippen LogP contribution in [0, 0.1) is 0 Å². The average molecular weight is 530 g/mol. The van der Waals surface area contributed by atoms with E-state index in [1.165, 1.54) is 17.7 Å². The molecule has 0 fully saturated rings. The first-order valence-corrected chi connectivity index (χ1v) is 12.5. The van der Waals surface area contributed by atoms with Crippen molar-refractivity contribution in [2.24, 2.45) is 0 Å². The highest BCUT2D eigenvalue weighted by atomic mass is 19.4. The monoisotopic (exact) mass is 529 g/mol. The molecule has 5 nitrogen and oxygen atoms in total. The van der Waals surface area contributed by atoms with Gasteiger partial charge in [-0.2, -0.15) is 0 Å². The summed E-state index contributed by atoms with van der Waals surface area (Å²) in [5.74, 6) is 0.0690. The number of hydrogen-bond acceptors (Lipinski definition) is 5. The van der Waals surface area contributed by atoms with Crippen LogP contribution in [0.2, 0.25) is 0 Å². The van der Waals surface area contributed by atoms with E-state index in [9.17, 15) is 18.0 Å². The maximum absolute atomic E-state index is 12.5. The van der Waals surface area contributed by atoms with Gasteiger partial charge in [-0.15, -0.1) is 13.2 Å². The second-order valence-corrected chi connectivity index (χ2v) is 9.93. The molecule has 3 aromatic rings. The van der Waals surface area contributed by atoms with Gasteiger partial charge in [-0.25, -0.2) is 0 Å². The number of benzene rings is 3. The van der Waals surface area contributed by atoms with Gasteiger partial charge in [0, 0.05) is 24.8 Å². The van der Waals surface area contributed by atoms with E-state index in [-0.39, 0.29) is 23.6 Å². The Morgan fingerprint density at radius 1 is 0.895 bits per heavy atom. The lowest BCUT2D eigenvalue weighted by molar-refractivity contribution is -0.274. The van der Waals surface area contributed by atoms with E-state index in [2.05, 4.69) is 37.6 Å². The number of nitrogens with zero attached hydrogens (tertiary/aromatic N) is 1. The van der Waals surface area contributed by atoms with Gasteiger partial charge >= 0.3 is 12.3 Å². The fourth-order valence-electron chi connectivity index (χ4n) is 3.86. The molecule has 0 aliphatic heterocycles. The molecule has 0 saturated carbocycles. The van der Waals surface area contributed by atoms with Crippen LogP contribution in [-0.2, 0) is 28.0 Å². The highest BCUT2D eigenvalue weighted by Gasteiger charge is 2.31. The molecular weight excluding hydrogens is 495 g/mol. The highest BCUT2D eigenvalue weighted by Crippen LogP contribution is 2.32. The molecule has 3 aromatic carbocycles. The normalized spacial score (nSPS) is 11.7. The van der Waals surface area contributed by atoms with E-state index >= 15 is 0 Å². The average Bonchev–Trinajstić information content (AvgIpc) is 2.85. The van der Waals surface area contributed by atoms with Crippen LogP contribution >= 0.6 is 0 Å². The van der Waals surface area contributed by atoms with Gasteiger partial charge < -0.3 is 19.1 Å². The summed E-state index contributed by atoms with van der Waals surface area (Å²) in [6, 6.07) is 19.6. The summed E-state index contributed by atoms with van der Waals surface area (Å²) in [6.07, 6.45) is -4.13. The molecule has 8 heteroatoms. The van der Waals surface area contributed by atoms with Crippen molar-refractivity contribution in [2.45, 2.75) is 58.9 Å². The van der Waals surface area contributed by atoms with Gasteiger partial charge in [-0.3, -0.25) is 4.79 Å². The number of halogens is 3. The van der Waals surface area contributed by atoms with Crippen LogP contribution in [0.25, 0.3) is 0 Å². The van der Waals surface area contributed by atoms with E-state index in [0.717, 1.165) is 16.8 Å². The number of carbonyl (C=O) groups is 1. The molecule has 0 N–H and O–H groups in total. The quantitative estimate of drug-likeness (QED) is 0.252. The van der Waals surface area contributed by atoms with Crippen LogP contribution in [0.1, 0.15) is 50.8 Å². The number of ether oxygens (including phenoxy) is 3. The van der Waals surface area contributed by atoms with E-state index in [1.54, 1.807) is 26.1 Å². The Balaban J connectivity index is 1.79. The molecule has 0 unspecified atom stereocenters. The summed E-state index contributed by atoms with van der Waals surface area (Å²) in [5.41, 5.74) is 4.61. The first-order valence-electron chi connectivity index (χ1n) is 12.5. The SMILES string of the molecule is CCOC(=O)CCc1cc(N(C)c2ccc(OC(F)(F)F)cc2)ccc1OCc1ccc(C(C)(C)C)cc1. The number of anilines is 2. The predicted octanol–water partition coefficient (Wildman–Crippen LogP) is 7.73. The summed E-state index contributed by atoms with van der Waals surface area (Å²) in [5, 5.41) is 0. The van der Waals surface area contributed by atoms with Crippen molar-refractivity contribution in [3.8, 4) is 11.5 Å². The third kappa shape index (κ3) is 8.43. The Morgan fingerprint density at radius 2 is 1.53 bits per heavy atom. The fourth-order valence-corrected chi connectivity index (χ4v) is 3.86. The highest BCUT2D eigenvalue weighted by molar-refractivity contribution is 5.70. The molecule has 0 heterocycles. The number of alkyl halides is 3. The molecule has 3 rings (SSSR count). The molecular formula is C30H34F3NO4. The summed E-state index contributed by atoms with van der Waals surface area (Å²) in [7, 11) is 1.81. The van der Waals surface area contributed by atoms with Gasteiger partial charge in [0.1, 0.15) is 18.1 Å². The minimum atomic E-state index is -4.74. The predicted molar refractivity (Wildman–Crippen MR) is 142 cm³/mol. The molecule has 38 heavy (non-hydrogen) atoms. The van der Waals surface area contributed by atoms with E-state index in [4.69, 9.17) is 9.47 Å². The fraction of sp³-hybridized carbons (Fsp3) is 0.367. The van der Waals surface area contributed by atoms with Crippen molar-refractivity contribution in [1.29, 1.82) is 0 Å². The first kappa shape index (κ1) is 28.9. The van der Waals surface area contributed by atoms with Gasteiger partial charge in [0.15, 0.2) is 0 Å². The van der Waals surface area contributed by atoms with Gasteiger partial charge in [0.2, 0.25) is 0 Å².